The first kappa shape index (κ1) is 15.1. The van der Waals surface area contributed by atoms with Crippen LogP contribution < -0.4 is 15.4 Å². The van der Waals surface area contributed by atoms with Crippen LogP contribution in [0.2, 0.25) is 0 Å². The third-order valence-corrected chi connectivity index (χ3v) is 2.76. The average molecular weight is 260 g/mol. The molecule has 0 aliphatic carbocycles. The maximum Gasteiger partial charge on any atom is 0.238 e. The van der Waals surface area contributed by atoms with Gasteiger partial charge in [0.05, 0.1) is 13.7 Å². The molecule has 0 saturated carbocycles. The Hall–Kier alpha value is -1.99. The number of carbonyl (C=O) groups is 1. The van der Waals surface area contributed by atoms with E-state index in [0.717, 1.165) is 12.1 Å². The van der Waals surface area contributed by atoms with Crippen molar-refractivity contribution in [3.05, 3.63) is 24.3 Å². The molecule has 0 radical (unpaired) electrons. The summed E-state index contributed by atoms with van der Waals surface area (Å²) in [5, 5.41) is 5.94. The summed E-state index contributed by atoms with van der Waals surface area (Å²) in [4.78, 5) is 11.8. The Morgan fingerprint density at radius 2 is 2.32 bits per heavy atom. The van der Waals surface area contributed by atoms with Gasteiger partial charge >= 0.3 is 0 Å². The second-order valence-corrected chi connectivity index (χ2v) is 4.17. The smallest absolute Gasteiger partial charge is 0.238 e. The highest BCUT2D eigenvalue weighted by atomic mass is 16.5. The minimum Gasteiger partial charge on any atom is -0.497 e. The fourth-order valence-electron chi connectivity index (χ4n) is 1.65. The number of methoxy groups -OCH3 is 1. The van der Waals surface area contributed by atoms with Gasteiger partial charge in [0, 0.05) is 24.2 Å². The Balaban J connectivity index is 2.44. The van der Waals surface area contributed by atoms with E-state index in [1.165, 1.54) is 0 Å². The van der Waals surface area contributed by atoms with Crippen molar-refractivity contribution in [2.75, 3.05) is 19.0 Å². The highest BCUT2D eigenvalue weighted by Crippen LogP contribution is 2.16. The summed E-state index contributed by atoms with van der Waals surface area (Å²) in [5.41, 5.74) is 0.719. The normalized spacial score (nSPS) is 11.4. The van der Waals surface area contributed by atoms with Crippen LogP contribution in [0, 0.1) is 12.3 Å². The average Bonchev–Trinajstić information content (AvgIpc) is 2.43. The van der Waals surface area contributed by atoms with Crippen LogP contribution in [0.3, 0.4) is 0 Å². The lowest BCUT2D eigenvalue weighted by atomic mass is 10.1. The van der Waals surface area contributed by atoms with Gasteiger partial charge in [0.25, 0.3) is 0 Å². The predicted octanol–water partition coefficient (Wildman–Crippen LogP) is 2.03. The molecular formula is C15H20N2O2. The monoisotopic (exact) mass is 260 g/mol. The maximum absolute atomic E-state index is 11.8. The number of nitrogens with one attached hydrogen (secondary N) is 2. The van der Waals surface area contributed by atoms with Crippen molar-refractivity contribution in [1.29, 1.82) is 0 Å². The van der Waals surface area contributed by atoms with Gasteiger partial charge in [0.15, 0.2) is 0 Å². The molecule has 1 aromatic rings. The number of carbonyl (C=O) groups excluding carboxylic acids is 1. The van der Waals surface area contributed by atoms with Crippen LogP contribution in [0.4, 0.5) is 5.69 Å². The van der Waals surface area contributed by atoms with Gasteiger partial charge in [0.2, 0.25) is 5.91 Å². The Morgan fingerprint density at radius 1 is 1.53 bits per heavy atom. The lowest BCUT2D eigenvalue weighted by Gasteiger charge is -2.14. The fraction of sp³-hybridized carbons (Fsp3) is 0.400. The van der Waals surface area contributed by atoms with Crippen molar-refractivity contribution >= 4 is 11.6 Å². The molecule has 0 fully saturated rings. The van der Waals surface area contributed by atoms with Crippen molar-refractivity contribution in [2.24, 2.45) is 0 Å². The summed E-state index contributed by atoms with van der Waals surface area (Å²) in [7, 11) is 1.59. The Morgan fingerprint density at radius 3 is 2.95 bits per heavy atom. The zero-order valence-electron chi connectivity index (χ0n) is 11.4. The zero-order valence-corrected chi connectivity index (χ0v) is 11.4. The zero-order chi connectivity index (χ0) is 14.1. The van der Waals surface area contributed by atoms with E-state index in [1.54, 1.807) is 13.2 Å². The van der Waals surface area contributed by atoms with Crippen molar-refractivity contribution in [2.45, 2.75) is 25.8 Å². The largest absolute Gasteiger partial charge is 0.497 e. The van der Waals surface area contributed by atoms with E-state index in [-0.39, 0.29) is 18.5 Å². The molecule has 2 N–H and O–H groups in total. The second kappa shape index (κ2) is 8.17. The SMILES string of the molecule is C#CCC(CC)NCC(=O)Nc1cccc(OC)c1. The summed E-state index contributed by atoms with van der Waals surface area (Å²) in [5.74, 6) is 3.22. The van der Waals surface area contributed by atoms with Gasteiger partial charge < -0.3 is 15.4 Å². The molecule has 1 rings (SSSR count). The minimum atomic E-state index is -0.0938. The molecular weight excluding hydrogens is 240 g/mol. The van der Waals surface area contributed by atoms with Crippen LogP contribution in [0.5, 0.6) is 5.75 Å². The minimum absolute atomic E-state index is 0.0938. The van der Waals surface area contributed by atoms with Crippen LogP contribution in [0.15, 0.2) is 24.3 Å². The highest BCUT2D eigenvalue weighted by molar-refractivity contribution is 5.92. The molecule has 1 atom stereocenters. The van der Waals surface area contributed by atoms with E-state index >= 15 is 0 Å². The molecule has 0 aromatic heterocycles. The first-order valence-corrected chi connectivity index (χ1v) is 6.30. The van der Waals surface area contributed by atoms with Crippen molar-refractivity contribution < 1.29 is 9.53 Å². The lowest BCUT2D eigenvalue weighted by Crippen LogP contribution is -2.35. The summed E-state index contributed by atoms with van der Waals surface area (Å²) in [6.45, 7) is 2.28. The molecule has 0 spiro atoms. The molecule has 0 bridgehead atoms. The van der Waals surface area contributed by atoms with E-state index in [4.69, 9.17) is 11.2 Å². The standard InChI is InChI=1S/C15H20N2O2/c1-4-7-12(5-2)16-11-15(18)17-13-8-6-9-14(10-13)19-3/h1,6,8-10,12,16H,5,7,11H2,2-3H3,(H,17,18). The molecule has 102 valence electrons. The number of benzene rings is 1. The predicted molar refractivity (Wildman–Crippen MR) is 77.2 cm³/mol. The molecule has 0 aliphatic rings. The van der Waals surface area contributed by atoms with E-state index in [2.05, 4.69) is 16.6 Å². The molecule has 19 heavy (non-hydrogen) atoms. The van der Waals surface area contributed by atoms with Crippen LogP contribution in [0.25, 0.3) is 0 Å². The maximum atomic E-state index is 11.8. The summed E-state index contributed by atoms with van der Waals surface area (Å²) in [6.07, 6.45) is 6.79. The Bertz CT molecular complexity index is 452. The van der Waals surface area contributed by atoms with E-state index < -0.39 is 0 Å². The van der Waals surface area contributed by atoms with Crippen molar-refractivity contribution in [3.63, 3.8) is 0 Å². The van der Waals surface area contributed by atoms with Crippen LogP contribution in [-0.2, 0) is 4.79 Å². The molecule has 4 heteroatoms. The number of rotatable bonds is 7. The van der Waals surface area contributed by atoms with E-state index in [9.17, 15) is 4.79 Å². The third-order valence-electron chi connectivity index (χ3n) is 2.76. The van der Waals surface area contributed by atoms with Crippen LogP contribution >= 0.6 is 0 Å². The first-order chi connectivity index (χ1) is 9.19. The van der Waals surface area contributed by atoms with Gasteiger partial charge in [-0.15, -0.1) is 12.3 Å². The molecule has 0 heterocycles. The fourth-order valence-corrected chi connectivity index (χ4v) is 1.65. The van der Waals surface area contributed by atoms with Gasteiger partial charge in [0.1, 0.15) is 5.75 Å². The quantitative estimate of drug-likeness (QED) is 0.737. The number of hydrogen-bond donors (Lipinski definition) is 2. The Kier molecular flexibility index (Phi) is 6.48. The van der Waals surface area contributed by atoms with Crippen molar-refractivity contribution in [1.82, 2.24) is 5.32 Å². The number of ether oxygens (including phenoxy) is 1. The lowest BCUT2D eigenvalue weighted by molar-refractivity contribution is -0.115. The van der Waals surface area contributed by atoms with Crippen molar-refractivity contribution in [3.8, 4) is 18.1 Å². The van der Waals surface area contributed by atoms with Crippen LogP contribution in [-0.4, -0.2) is 25.6 Å². The summed E-state index contributed by atoms with van der Waals surface area (Å²) in [6, 6.07) is 7.43. The second-order valence-electron chi connectivity index (χ2n) is 4.17. The number of terminal acetylenes is 1. The van der Waals surface area contributed by atoms with Gasteiger partial charge in [-0.3, -0.25) is 4.79 Å². The van der Waals surface area contributed by atoms with Gasteiger partial charge in [-0.05, 0) is 18.6 Å². The Labute approximate surface area is 114 Å². The number of amides is 1. The first-order valence-electron chi connectivity index (χ1n) is 6.30. The van der Waals surface area contributed by atoms with Gasteiger partial charge in [-0.25, -0.2) is 0 Å². The third kappa shape index (κ3) is 5.45. The van der Waals surface area contributed by atoms with Crippen LogP contribution in [0.1, 0.15) is 19.8 Å². The highest BCUT2D eigenvalue weighted by Gasteiger charge is 2.07. The molecule has 0 saturated heterocycles. The topological polar surface area (TPSA) is 50.4 Å². The summed E-state index contributed by atoms with van der Waals surface area (Å²) < 4.78 is 5.09. The van der Waals surface area contributed by atoms with Gasteiger partial charge in [-0.2, -0.15) is 0 Å². The summed E-state index contributed by atoms with van der Waals surface area (Å²) >= 11 is 0. The van der Waals surface area contributed by atoms with Gasteiger partial charge in [-0.1, -0.05) is 13.0 Å². The molecule has 0 aliphatic heterocycles. The number of hydrogen-bond acceptors (Lipinski definition) is 3. The molecule has 1 unspecified atom stereocenters. The molecule has 1 amide bonds. The number of anilines is 1. The van der Waals surface area contributed by atoms with E-state index in [0.29, 0.717) is 12.2 Å². The molecule has 1 aromatic carbocycles. The van der Waals surface area contributed by atoms with E-state index in [1.807, 2.05) is 25.1 Å². The molecule has 4 nitrogen and oxygen atoms in total.